The lowest BCUT2D eigenvalue weighted by Gasteiger charge is -2.45. The summed E-state index contributed by atoms with van der Waals surface area (Å²) in [6, 6.07) is 11.3. The topological polar surface area (TPSA) is 95.9 Å². The lowest BCUT2D eigenvalue weighted by Crippen LogP contribution is -2.49. The molecule has 2 aromatic carbocycles. The van der Waals surface area contributed by atoms with Crippen molar-refractivity contribution in [2.24, 2.45) is 11.8 Å². The number of hydrogen-bond donors (Lipinski definition) is 2. The number of aliphatic hydroxyl groups is 1. The third-order valence-corrected chi connectivity index (χ3v) is 11.7. The van der Waals surface area contributed by atoms with E-state index in [9.17, 15) is 18.3 Å². The van der Waals surface area contributed by atoms with Crippen LogP contribution < -0.4 is 14.4 Å². The summed E-state index contributed by atoms with van der Waals surface area (Å²) in [4.78, 5) is 15.4. The molecule has 4 aliphatic rings. The number of carbonyl (C=O) groups is 1. The molecule has 2 aliphatic heterocycles. The summed E-state index contributed by atoms with van der Waals surface area (Å²) in [6.07, 6.45) is 10.6. The summed E-state index contributed by atoms with van der Waals surface area (Å²) in [5.74, 6) is 0.398. The zero-order valence-electron chi connectivity index (χ0n) is 25.5. The molecule has 234 valence electrons. The van der Waals surface area contributed by atoms with Crippen LogP contribution in [0.15, 0.2) is 48.6 Å². The van der Waals surface area contributed by atoms with E-state index in [0.29, 0.717) is 18.9 Å². The summed E-state index contributed by atoms with van der Waals surface area (Å²) in [7, 11) is -3.90. The number of aliphatic hydroxyl groups excluding tert-OH is 1. The highest BCUT2D eigenvalue weighted by molar-refractivity contribution is 7.90. The molecule has 6 rings (SSSR count). The van der Waals surface area contributed by atoms with Crippen LogP contribution in [0.5, 0.6) is 5.75 Å². The van der Waals surface area contributed by atoms with Crippen molar-refractivity contribution in [3.8, 4) is 5.75 Å². The summed E-state index contributed by atoms with van der Waals surface area (Å²) in [5.41, 5.74) is 3.33. The largest absolute Gasteiger partial charge is 0.490 e. The first-order valence-corrected chi connectivity index (χ1v) is 17.7. The Hall–Kier alpha value is -2.55. The number of benzene rings is 2. The lowest BCUT2D eigenvalue weighted by molar-refractivity contribution is 0.0456. The van der Waals surface area contributed by atoms with E-state index in [4.69, 9.17) is 16.3 Å². The highest BCUT2D eigenvalue weighted by Crippen LogP contribution is 2.46. The molecule has 2 N–H and O–H groups in total. The second-order valence-electron chi connectivity index (χ2n) is 12.7. The number of aryl methyl sites for hydroxylation is 1. The molecule has 1 spiro atoms. The minimum absolute atomic E-state index is 0.0993. The van der Waals surface area contributed by atoms with E-state index in [1.54, 1.807) is 37.3 Å². The van der Waals surface area contributed by atoms with Gasteiger partial charge in [-0.15, -0.1) is 0 Å². The van der Waals surface area contributed by atoms with Crippen LogP contribution in [-0.4, -0.2) is 50.5 Å². The van der Waals surface area contributed by atoms with E-state index in [0.717, 1.165) is 49.4 Å². The maximum atomic E-state index is 13.1. The number of carbonyl (C=O) groups excluding carboxylic acids is 1. The van der Waals surface area contributed by atoms with Gasteiger partial charge in [0.15, 0.2) is 0 Å². The fraction of sp³-hybridized carbons (Fsp3) is 0.559. The average molecular weight is 629 g/mol. The van der Waals surface area contributed by atoms with Crippen LogP contribution in [-0.2, 0) is 21.9 Å². The lowest BCUT2D eigenvalue weighted by atomic mass is 9.68. The maximum Gasteiger partial charge on any atom is 0.264 e. The van der Waals surface area contributed by atoms with Crippen LogP contribution in [0.2, 0.25) is 5.02 Å². The molecule has 5 atom stereocenters. The Balaban J connectivity index is 0.000000868. The number of halogens is 1. The fourth-order valence-electron chi connectivity index (χ4n) is 6.78. The van der Waals surface area contributed by atoms with Crippen molar-refractivity contribution in [3.63, 3.8) is 0 Å². The van der Waals surface area contributed by atoms with Crippen molar-refractivity contribution in [1.29, 1.82) is 0 Å². The van der Waals surface area contributed by atoms with Crippen molar-refractivity contribution in [2.45, 2.75) is 88.9 Å². The zero-order chi connectivity index (χ0) is 30.8. The van der Waals surface area contributed by atoms with Gasteiger partial charge in [0.1, 0.15) is 5.75 Å². The standard InChI is InChI=1S/C30H35ClN2O5S.C4H10/c1-19-4-2-6-27(34)24-10-7-22(24)16-33-17-30(13-3-5-20-14-23(31)9-11-25(20)30)18-38-28-12-8-21(15-26(28)33)29(35)32-39(19,36)37;1-3-4-2/h2,6,8-9,11-12,14-15,19,22,24,27,34H,3-5,7,10,13,16-18H2,1H3,(H,32,35);3-4H2,1-2H3/b6-2+;/t19-,22?,24?,27?,30+;/m1./s1. The number of allylic oxidation sites excluding steroid dienone is 1. The van der Waals surface area contributed by atoms with Crippen LogP contribution in [0, 0.1) is 11.8 Å². The van der Waals surface area contributed by atoms with E-state index < -0.39 is 27.3 Å². The Labute approximate surface area is 261 Å². The first-order chi connectivity index (χ1) is 20.6. The molecular formula is C34H45ClN2O5S. The van der Waals surface area contributed by atoms with Crippen molar-refractivity contribution in [2.75, 3.05) is 24.6 Å². The monoisotopic (exact) mass is 628 g/mol. The molecule has 2 aliphatic carbocycles. The molecule has 0 aromatic heterocycles. The third-order valence-electron chi connectivity index (χ3n) is 9.74. The van der Waals surface area contributed by atoms with E-state index in [1.807, 2.05) is 6.07 Å². The van der Waals surface area contributed by atoms with Gasteiger partial charge in [-0.3, -0.25) is 4.79 Å². The summed E-state index contributed by atoms with van der Waals surface area (Å²) >= 11 is 6.36. The smallest absolute Gasteiger partial charge is 0.264 e. The number of rotatable bonds is 1. The third kappa shape index (κ3) is 6.76. The van der Waals surface area contributed by atoms with E-state index in [1.165, 1.54) is 24.0 Å². The highest BCUT2D eigenvalue weighted by atomic mass is 35.5. The van der Waals surface area contributed by atoms with Crippen LogP contribution in [0.1, 0.15) is 87.2 Å². The normalized spacial score (nSPS) is 30.3. The Morgan fingerprint density at radius 2 is 1.93 bits per heavy atom. The van der Waals surface area contributed by atoms with Gasteiger partial charge < -0.3 is 14.7 Å². The number of ether oxygens (including phenoxy) is 1. The van der Waals surface area contributed by atoms with Gasteiger partial charge >= 0.3 is 0 Å². The number of nitrogens with zero attached hydrogens (tertiary/aromatic N) is 1. The van der Waals surface area contributed by atoms with Crippen LogP contribution in [0.3, 0.4) is 0 Å². The van der Waals surface area contributed by atoms with Gasteiger partial charge in [0.25, 0.3) is 5.91 Å². The molecule has 0 radical (unpaired) electrons. The number of sulfonamides is 1. The predicted molar refractivity (Wildman–Crippen MR) is 173 cm³/mol. The van der Waals surface area contributed by atoms with Crippen molar-refractivity contribution >= 4 is 33.2 Å². The number of nitrogens with one attached hydrogen (secondary N) is 1. The summed E-state index contributed by atoms with van der Waals surface area (Å²) < 4.78 is 34.5. The summed E-state index contributed by atoms with van der Waals surface area (Å²) in [6.45, 7) is 7.85. The molecule has 2 bridgehead atoms. The molecule has 9 heteroatoms. The molecule has 1 saturated carbocycles. The van der Waals surface area contributed by atoms with Gasteiger partial charge in [-0.1, -0.05) is 56.5 Å². The first kappa shape index (κ1) is 31.9. The van der Waals surface area contributed by atoms with Crippen molar-refractivity contribution in [1.82, 2.24) is 4.72 Å². The van der Waals surface area contributed by atoms with E-state index >= 15 is 0 Å². The molecule has 43 heavy (non-hydrogen) atoms. The molecule has 1 amide bonds. The quantitative estimate of drug-likeness (QED) is 0.354. The van der Waals surface area contributed by atoms with Gasteiger partial charge in [-0.2, -0.15) is 0 Å². The van der Waals surface area contributed by atoms with Crippen LogP contribution in [0.4, 0.5) is 5.69 Å². The highest BCUT2D eigenvalue weighted by Gasteiger charge is 2.44. The molecule has 2 heterocycles. The fourth-order valence-corrected chi connectivity index (χ4v) is 7.91. The minimum atomic E-state index is -3.90. The van der Waals surface area contributed by atoms with E-state index in [2.05, 4.69) is 35.6 Å². The van der Waals surface area contributed by atoms with Gasteiger partial charge in [0.05, 0.1) is 23.6 Å². The molecular weight excluding hydrogens is 584 g/mol. The molecule has 2 aromatic rings. The number of hydrogen-bond acceptors (Lipinski definition) is 6. The van der Waals surface area contributed by atoms with Crippen LogP contribution in [0.25, 0.3) is 0 Å². The summed E-state index contributed by atoms with van der Waals surface area (Å²) in [5, 5.41) is 10.9. The Morgan fingerprint density at radius 3 is 2.65 bits per heavy atom. The molecule has 0 saturated heterocycles. The van der Waals surface area contributed by atoms with Crippen LogP contribution >= 0.6 is 11.6 Å². The van der Waals surface area contributed by atoms with Crippen molar-refractivity contribution < 1.29 is 23.1 Å². The second-order valence-corrected chi connectivity index (χ2v) is 15.3. The Bertz CT molecular complexity index is 1460. The minimum Gasteiger partial charge on any atom is -0.490 e. The predicted octanol–water partition coefficient (Wildman–Crippen LogP) is 6.41. The van der Waals surface area contributed by atoms with Gasteiger partial charge in [0.2, 0.25) is 10.0 Å². The van der Waals surface area contributed by atoms with E-state index in [-0.39, 0.29) is 29.2 Å². The Kier molecular flexibility index (Phi) is 9.79. The molecule has 7 nitrogen and oxygen atoms in total. The Morgan fingerprint density at radius 1 is 1.14 bits per heavy atom. The maximum absolute atomic E-state index is 13.1. The van der Waals surface area contributed by atoms with Gasteiger partial charge in [-0.05, 0) is 98.7 Å². The number of unbranched alkanes of at least 4 members (excludes halogenated alkanes) is 1. The van der Waals surface area contributed by atoms with Gasteiger partial charge in [-0.25, -0.2) is 13.1 Å². The van der Waals surface area contributed by atoms with Gasteiger partial charge in [0, 0.05) is 29.1 Å². The molecule has 3 unspecified atom stereocenters. The second kappa shape index (κ2) is 13.2. The number of amides is 1. The zero-order valence-corrected chi connectivity index (χ0v) is 27.1. The van der Waals surface area contributed by atoms with Crippen molar-refractivity contribution in [3.05, 3.63) is 70.3 Å². The average Bonchev–Trinajstić information content (AvgIpc) is 3.11. The molecule has 1 fully saturated rings. The number of anilines is 1. The first-order valence-electron chi connectivity index (χ1n) is 15.8. The number of fused-ring (bicyclic) bond motifs is 4. The SMILES string of the molecule is CCCC.C[C@@H]1C/C=C/C(O)C2CCC2CN2C[C@@]3(CCCc4cc(Cl)ccc43)COc3ccc(cc32)C(=O)NS1(=O)=O.